The third kappa shape index (κ3) is 9.55. The molecule has 0 radical (unpaired) electrons. The average Bonchev–Trinajstić information content (AvgIpc) is 3.96. The van der Waals surface area contributed by atoms with Crippen molar-refractivity contribution in [3.63, 3.8) is 0 Å². The van der Waals surface area contributed by atoms with Crippen LogP contribution in [0.1, 0.15) is 33.8 Å². The van der Waals surface area contributed by atoms with Crippen molar-refractivity contribution in [1.29, 1.82) is 0 Å². The minimum atomic E-state index is 0. The summed E-state index contributed by atoms with van der Waals surface area (Å²) in [6.07, 6.45) is 0. The first-order valence-electron chi connectivity index (χ1n) is 18.2. The van der Waals surface area contributed by atoms with Gasteiger partial charge in [-0.1, -0.05) is 69.8 Å². The summed E-state index contributed by atoms with van der Waals surface area (Å²) in [5.74, 6) is 5.48. The van der Waals surface area contributed by atoms with E-state index >= 15 is 0 Å². The average molecular weight is 881 g/mol. The van der Waals surface area contributed by atoms with Gasteiger partial charge in [-0.2, -0.15) is 0 Å². The topological polar surface area (TPSA) is 44.7 Å². The van der Waals surface area contributed by atoms with Gasteiger partial charge in [0.25, 0.3) is 0 Å². The molecule has 0 amide bonds. The van der Waals surface area contributed by atoms with Crippen LogP contribution in [0.25, 0.3) is 66.4 Å². The summed E-state index contributed by atoms with van der Waals surface area (Å²) in [5.41, 5.74) is 12.3. The summed E-state index contributed by atoms with van der Waals surface area (Å²) in [4.78, 5) is 0. The van der Waals surface area contributed by atoms with E-state index in [2.05, 4.69) is 101 Å². The Bertz CT molecular complexity index is 2430. The zero-order valence-electron chi connectivity index (χ0n) is 33.8. The molecule has 0 atom stereocenters. The van der Waals surface area contributed by atoms with Crippen LogP contribution < -0.4 is 9.47 Å². The second kappa shape index (κ2) is 19.4. The fourth-order valence-electron chi connectivity index (χ4n) is 7.07. The van der Waals surface area contributed by atoms with Gasteiger partial charge < -0.3 is 18.3 Å². The van der Waals surface area contributed by atoms with E-state index < -0.39 is 0 Å². The molecule has 8 aromatic rings. The Balaban J connectivity index is 0.000000220. The van der Waals surface area contributed by atoms with Gasteiger partial charge in [-0.15, -0.1) is 82.8 Å². The van der Waals surface area contributed by atoms with E-state index in [1.165, 1.54) is 54.9 Å². The number of furan rings is 2. The molecular weight excluding hydrogens is 831 g/mol. The van der Waals surface area contributed by atoms with Crippen molar-refractivity contribution in [2.75, 3.05) is 14.2 Å². The van der Waals surface area contributed by atoms with Crippen LogP contribution in [-0.4, -0.2) is 19.7 Å². The zero-order chi connectivity index (χ0) is 38.7. The Morgan fingerprint density at radius 2 is 0.893 bits per heavy atom. The molecule has 0 aliphatic heterocycles. The summed E-state index contributed by atoms with van der Waals surface area (Å²) in [6, 6.07) is 37.9. The number of rotatable bonds is 6. The van der Waals surface area contributed by atoms with E-state index in [1.807, 2.05) is 62.4 Å². The molecule has 6 aromatic carbocycles. The Morgan fingerprint density at radius 3 is 1.21 bits per heavy atom. The second-order valence-electron chi connectivity index (χ2n) is 14.1. The fourth-order valence-corrected chi connectivity index (χ4v) is 7.07. The van der Waals surface area contributed by atoms with E-state index in [1.54, 1.807) is 37.6 Å². The quantitative estimate of drug-likeness (QED) is 0.123. The predicted octanol–water partition coefficient (Wildman–Crippen LogP) is 14.5. The summed E-state index contributed by atoms with van der Waals surface area (Å²) in [6.45, 7) is 17.3. The van der Waals surface area contributed by atoms with Crippen molar-refractivity contribution in [3.8, 4) is 56.4 Å². The Hall–Kier alpha value is -4.06. The summed E-state index contributed by atoms with van der Waals surface area (Å²) < 4.78 is 22.9. The summed E-state index contributed by atoms with van der Waals surface area (Å²) in [5, 5.41) is 4.93. The summed E-state index contributed by atoms with van der Waals surface area (Å²) in [7, 11) is 3.45. The van der Waals surface area contributed by atoms with Gasteiger partial charge in [0, 0.05) is 11.1 Å². The molecule has 288 valence electrons. The molecule has 8 rings (SSSR count). The first-order valence-corrected chi connectivity index (χ1v) is 24.4. The largest absolute Gasteiger partial charge is 0.147 e. The molecule has 8 heteroatoms. The Labute approximate surface area is 359 Å². The second-order valence-corrected chi connectivity index (χ2v) is 23.5. The number of hydrogen-bond donors (Lipinski definition) is 0. The Kier molecular flexibility index (Phi) is 15.5. The molecule has 2 aromatic heterocycles. The molecule has 0 fully saturated rings. The van der Waals surface area contributed by atoms with Crippen LogP contribution in [0, 0.1) is 41.5 Å². The molecule has 0 saturated heterocycles. The fraction of sp³-hybridized carbons (Fsp3) is 0.208. The van der Waals surface area contributed by atoms with Gasteiger partial charge in [-0.3, -0.25) is 0 Å². The first-order chi connectivity index (χ1) is 25.9. The van der Waals surface area contributed by atoms with E-state index in [9.17, 15) is 0 Å². The standard InChI is InChI=1S/2C23H21O2.C2H6Si.2ClH.Zr/c2*1-14-11-17-12-18(21-10-9-15(2)25-21)13-20(17)23(16(14)3)19-7-5-6-8-22(19)24-4;1-3-2;;;/h2*5-13H,1-4H3;1-2H3;2*1H;/q2*-1;;;;+2. The van der Waals surface area contributed by atoms with Gasteiger partial charge in [0.15, 0.2) is 0 Å². The molecule has 56 heavy (non-hydrogen) atoms. The van der Waals surface area contributed by atoms with E-state index in [4.69, 9.17) is 18.3 Å². The van der Waals surface area contributed by atoms with Gasteiger partial charge in [0.05, 0.1) is 37.3 Å². The third-order valence-electron chi connectivity index (χ3n) is 9.86. The van der Waals surface area contributed by atoms with E-state index in [0.717, 1.165) is 56.8 Å². The monoisotopic (exact) mass is 878 g/mol. The van der Waals surface area contributed by atoms with Gasteiger partial charge in [-0.05, 0) is 89.1 Å². The molecule has 0 N–H and O–H groups in total. The number of benzene rings is 4. The summed E-state index contributed by atoms with van der Waals surface area (Å²) >= 11 is 1.74. The third-order valence-corrected chi connectivity index (χ3v) is 9.86. The number of hydrogen-bond acceptors (Lipinski definition) is 4. The molecule has 0 spiro atoms. The van der Waals surface area contributed by atoms with Gasteiger partial charge in [0.2, 0.25) is 0 Å². The van der Waals surface area contributed by atoms with Crippen LogP contribution in [0.4, 0.5) is 0 Å². The van der Waals surface area contributed by atoms with Crippen molar-refractivity contribution in [2.24, 2.45) is 0 Å². The molecule has 0 bridgehead atoms. The molecular formula is C48H50Cl2O4SiZr. The molecule has 0 aliphatic carbocycles. The maximum atomic E-state index is 5.83. The number of aryl methyl sites for hydroxylation is 4. The first kappa shape index (κ1) is 44.7. The van der Waals surface area contributed by atoms with Crippen molar-refractivity contribution in [1.82, 2.24) is 0 Å². The SMILES string of the molecule is COc1ccccc1-c1c(C)c(C)cc2[cH-]c(-c3ccc(C)o3)cc12.COc1ccccc1-c1c(C)c(C)cc2[cH-]c(-c3ccc(C)o3)cc12.C[Si](C)=[Zr+2].Cl.Cl. The van der Waals surface area contributed by atoms with Crippen molar-refractivity contribution in [3.05, 3.63) is 143 Å². The number of methoxy groups -OCH3 is 2. The van der Waals surface area contributed by atoms with Gasteiger partial charge >= 0.3 is 41.9 Å². The van der Waals surface area contributed by atoms with Crippen LogP contribution in [0.2, 0.25) is 13.1 Å². The number of para-hydroxylation sites is 2. The van der Waals surface area contributed by atoms with E-state index in [-0.39, 0.29) is 30.2 Å². The normalized spacial score (nSPS) is 10.5. The van der Waals surface area contributed by atoms with Gasteiger partial charge in [-0.25, -0.2) is 0 Å². The maximum absolute atomic E-state index is 5.83. The number of ether oxygens (including phenoxy) is 2. The molecule has 2 heterocycles. The number of fused-ring (bicyclic) bond motifs is 2. The van der Waals surface area contributed by atoms with Crippen molar-refractivity contribution >= 4 is 51.8 Å². The smallest absolute Gasteiger partial charge is 0.147 e. The predicted molar refractivity (Wildman–Crippen MR) is 239 cm³/mol. The van der Waals surface area contributed by atoms with E-state index in [0.29, 0.717) is 0 Å². The van der Waals surface area contributed by atoms with Gasteiger partial charge in [0.1, 0.15) is 11.5 Å². The zero-order valence-corrected chi connectivity index (χ0v) is 38.9. The van der Waals surface area contributed by atoms with Crippen molar-refractivity contribution < 1.29 is 41.6 Å². The maximum Gasteiger partial charge on any atom is -0.147 e. The van der Waals surface area contributed by atoms with Crippen LogP contribution in [0.3, 0.4) is 0 Å². The van der Waals surface area contributed by atoms with Crippen LogP contribution in [-0.2, 0) is 23.3 Å². The van der Waals surface area contributed by atoms with Crippen LogP contribution in [0.15, 0.2) is 118 Å². The molecule has 0 saturated carbocycles. The van der Waals surface area contributed by atoms with Crippen LogP contribution in [0.5, 0.6) is 11.5 Å². The number of halogens is 2. The molecule has 4 nitrogen and oxygen atoms in total. The minimum Gasteiger partial charge on any atom is -0.147 e. The molecule has 0 aliphatic rings. The molecule has 0 unspecified atom stereocenters. The van der Waals surface area contributed by atoms with Crippen molar-refractivity contribution in [2.45, 2.75) is 54.6 Å². The van der Waals surface area contributed by atoms with Crippen LogP contribution >= 0.6 is 24.8 Å². The minimum absolute atomic E-state index is 0. The Morgan fingerprint density at radius 1 is 0.536 bits per heavy atom.